The number of benzene rings is 6. The summed E-state index contributed by atoms with van der Waals surface area (Å²) in [6.07, 6.45) is -29.9. The van der Waals surface area contributed by atoms with Gasteiger partial charge >= 0.3 is 83.9 Å². The third kappa shape index (κ3) is 29.0. The van der Waals surface area contributed by atoms with Crippen molar-refractivity contribution < 1.29 is 186 Å². The highest BCUT2D eigenvalue weighted by atomic mass is 16.8. The van der Waals surface area contributed by atoms with Gasteiger partial charge in [0.1, 0.15) is 68.8 Å². The summed E-state index contributed by atoms with van der Waals surface area (Å²) in [5.41, 5.74) is 12.0. The van der Waals surface area contributed by atoms with E-state index in [4.69, 9.17) is 100 Å². The molecule has 147 heavy (non-hydrogen) atoms. The molecule has 6 aromatic rings. The molecule has 6 aromatic carbocycles. The lowest BCUT2D eigenvalue weighted by Crippen LogP contribution is -2.64. The Labute approximate surface area is 840 Å². The lowest BCUT2D eigenvalue weighted by Gasteiger charge is -2.44. The van der Waals surface area contributed by atoms with Gasteiger partial charge < -0.3 is 138 Å². The van der Waals surface area contributed by atoms with Crippen molar-refractivity contribution >= 4 is 113 Å². The molecule has 9 N–H and O–H groups in total. The molecule has 0 bridgehead atoms. The van der Waals surface area contributed by atoms with Crippen molar-refractivity contribution in [2.45, 2.75) is 198 Å². The first kappa shape index (κ1) is 110. The summed E-state index contributed by atoms with van der Waals surface area (Å²) >= 11 is 0. The van der Waals surface area contributed by atoms with E-state index in [-0.39, 0.29) is 0 Å². The molecule has 18 atom stereocenters. The van der Waals surface area contributed by atoms with Crippen molar-refractivity contribution in [1.82, 2.24) is 37.2 Å². The first-order valence-corrected chi connectivity index (χ1v) is 46.5. The van der Waals surface area contributed by atoms with Crippen molar-refractivity contribution in [3.63, 3.8) is 0 Å². The number of ether oxygens (including phenoxy) is 20. The van der Waals surface area contributed by atoms with Gasteiger partial charge in [0.05, 0.1) is 33.0 Å². The maximum absolute atomic E-state index is 16.1. The van der Waals surface area contributed by atoms with E-state index in [1.54, 1.807) is 97.1 Å². The summed E-state index contributed by atoms with van der Waals surface area (Å²) in [6.45, 7) is -1.43. The van der Waals surface area contributed by atoms with Crippen LogP contribution in [0.25, 0.3) is 33.4 Å². The van der Waals surface area contributed by atoms with E-state index in [2.05, 4.69) is 37.2 Å². The van der Waals surface area contributed by atoms with Crippen LogP contribution in [0.1, 0.15) is 127 Å². The maximum atomic E-state index is 16.1. The monoisotopic (exact) mass is 2050 g/mol. The Hall–Kier alpha value is -15.6. The van der Waals surface area contributed by atoms with Crippen molar-refractivity contribution in [2.75, 3.05) is 85.6 Å². The quantitative estimate of drug-likeness (QED) is 0.0201. The molecule has 0 spiro atoms. The van der Waals surface area contributed by atoms with Crippen LogP contribution in [-0.4, -0.2) is 303 Å². The molecular weight excluding hydrogens is 1940 g/mol. The number of nitrogens with one attached hydrogen (secondary N) is 7. The fourth-order valence-corrected chi connectivity index (χ4v) is 17.9. The number of primary amides is 1. The zero-order chi connectivity index (χ0) is 106. The summed E-state index contributed by atoms with van der Waals surface area (Å²) in [5, 5.41) is 17.1. The second-order valence-electron chi connectivity index (χ2n) is 34.8. The Morgan fingerprint density at radius 2 is 0.565 bits per heavy atom. The second-order valence-corrected chi connectivity index (χ2v) is 34.8. The smallest absolute Gasteiger partial charge is 0.407 e. The van der Waals surface area contributed by atoms with Crippen molar-refractivity contribution in [2.24, 2.45) is 11.1 Å². The molecule has 3 aliphatic heterocycles. The minimum absolute atomic E-state index is 0.408. The van der Waals surface area contributed by atoms with E-state index in [1.165, 1.54) is 0 Å². The number of carbonyl (C=O) groups excluding carboxylic acids is 19. The fraction of sp³-hybridized carbons (Fsp3) is 0.450. The number of rotatable bonds is 43. The number of amides is 8. The summed E-state index contributed by atoms with van der Waals surface area (Å²) in [7, 11) is 0. The van der Waals surface area contributed by atoms with E-state index in [0.29, 0.717) is 0 Å². The van der Waals surface area contributed by atoms with Crippen LogP contribution in [0.3, 0.4) is 0 Å². The summed E-state index contributed by atoms with van der Waals surface area (Å²) in [4.78, 5) is 263. The standard InChI is InChI=1S/C100H112N8O39/c1-49(109)128-43-79-82(138-52(4)112)85(141-55(7)115)88(144-58(10)118)94(146-79)131-41-76(107-98(126)135-38-73-68-32-20-14-26-62(68)63-27-15-21-33-69(63)73)91(122)104-47-100(96(124)102-36-81(101)120,46-103-90(121)75(40-130-93-87(143-57(9)117)84(140-54(6)114)78(45-133-93)137-51(3)111)106-97(125)134-37-72-66-30-18-12-24-60(66)61-25-13-19-31-67(61)72)48-105-92(123)77(108-99(127)136-39-74-70-34-22-16-28-64(70)65-29-17-23-35-71(65)74)42-132-95-89(145-59(11)119)86(142-56(8)116)83(139-53(5)113)80(147-95)44-129-50(2)110/h12-35,72-80,82-89,93-95H,36-48H2,1-11H3,(H2,101,120)(H,102,124)(H,103,121)(H,104,122)(H,105,123)(H,106,125)(H,107,126)(H,108,127)/t75?,76?,77?,78-,79-,80-,82-,83+,84-,85+,86+,87-,88-,89-,93-,94-,95-,100?/m1/s1. The number of alkyl carbamates (subject to hydrolysis) is 3. The van der Waals surface area contributed by atoms with Gasteiger partial charge in [0.25, 0.3) is 0 Å². The number of esters is 11. The van der Waals surface area contributed by atoms with Gasteiger partial charge in [-0.05, 0) is 66.8 Å². The molecule has 47 nitrogen and oxygen atoms in total. The van der Waals surface area contributed by atoms with Crippen LogP contribution in [0, 0.1) is 5.41 Å². The van der Waals surface area contributed by atoms with Crippen LogP contribution in [0.15, 0.2) is 146 Å². The van der Waals surface area contributed by atoms with Gasteiger partial charge in [0.15, 0.2) is 73.8 Å². The number of fused-ring (bicyclic) bond motifs is 9. The Bertz CT molecular complexity index is 5550. The molecule has 3 heterocycles. The van der Waals surface area contributed by atoms with Gasteiger partial charge in [0, 0.05) is 114 Å². The van der Waals surface area contributed by atoms with Crippen LogP contribution in [0.2, 0.25) is 0 Å². The first-order chi connectivity index (χ1) is 70.1. The summed E-state index contributed by atoms with van der Waals surface area (Å²) in [6, 6.07) is 36.7. The largest absolute Gasteiger partial charge is 0.463 e. The van der Waals surface area contributed by atoms with Gasteiger partial charge in [-0.1, -0.05) is 146 Å². The van der Waals surface area contributed by atoms with E-state index < -0.39 is 326 Å². The lowest BCUT2D eigenvalue weighted by molar-refractivity contribution is -0.308. The molecule has 0 radical (unpaired) electrons. The fourth-order valence-electron chi connectivity index (χ4n) is 17.9. The molecule has 786 valence electrons. The number of hydrogen-bond acceptors (Lipinski definition) is 39. The molecule has 0 saturated carbocycles. The summed E-state index contributed by atoms with van der Waals surface area (Å²) in [5.74, 6) is -20.1. The van der Waals surface area contributed by atoms with Gasteiger partial charge in [-0.3, -0.25) is 76.7 Å². The topological polar surface area (TPSA) is 619 Å². The molecule has 12 rings (SSSR count). The normalized spacial score (nSPS) is 21.8. The highest BCUT2D eigenvalue weighted by Gasteiger charge is 2.57. The minimum Gasteiger partial charge on any atom is -0.463 e. The molecular formula is C100H112N8O39. The molecule has 8 amide bonds. The van der Waals surface area contributed by atoms with Crippen LogP contribution in [-0.2, 0) is 171 Å². The van der Waals surface area contributed by atoms with Gasteiger partial charge in [-0.25, -0.2) is 14.4 Å². The van der Waals surface area contributed by atoms with Crippen molar-refractivity contribution in [3.05, 3.63) is 179 Å². The SMILES string of the molecule is CC(=O)OC[C@H]1O[C@@H](OCC(NC(=O)OCC2c3ccccc3-c3ccccc32)C(=O)NCC(CNC(=O)C(CO[C@@H]2O[C@H](COC(C)=O)[C@@H](OC(C)=O)[C@H](OC(C)=O)[C@H]2OC(C)=O)NC(=O)OCC2c3ccccc3-c3ccccc32)(CNC(=O)C(CO[C@@H]2OC[C@@H](OC(C)=O)[C@@H](OC(C)=O)[C@H]2OC(C)=O)NC(=O)OCC2c3ccccc3-c3ccccc32)C(=O)NCC(N)=O)[C@H](OC(C)=O)[C@@H](OC(C)=O)[C@H]1OC(C)=O. The average molecular weight is 2050 g/mol. The first-order valence-electron chi connectivity index (χ1n) is 46.5. The van der Waals surface area contributed by atoms with Crippen molar-refractivity contribution in [3.8, 4) is 33.4 Å². The zero-order valence-electron chi connectivity index (χ0n) is 81.6. The Balaban J connectivity index is 0.957. The number of nitrogens with two attached hydrogens (primary N) is 1. The van der Waals surface area contributed by atoms with Gasteiger partial charge in [-0.2, -0.15) is 0 Å². The predicted octanol–water partition coefficient (Wildman–Crippen LogP) is 3.01. The third-order valence-electron chi connectivity index (χ3n) is 24.0. The van der Waals surface area contributed by atoms with E-state index in [9.17, 15) is 71.9 Å². The molecule has 47 heteroatoms. The average Bonchev–Trinajstić information content (AvgIpc) is 1.58. The van der Waals surface area contributed by atoms with Gasteiger partial charge in [-0.15, -0.1) is 0 Å². The number of hydrogen-bond donors (Lipinski definition) is 8. The Morgan fingerprint density at radius 1 is 0.306 bits per heavy atom. The Kier molecular flexibility index (Phi) is 38.1. The third-order valence-corrected chi connectivity index (χ3v) is 24.0. The van der Waals surface area contributed by atoms with Crippen LogP contribution in [0.4, 0.5) is 14.4 Å². The van der Waals surface area contributed by atoms with Crippen LogP contribution < -0.4 is 43.0 Å². The highest BCUT2D eigenvalue weighted by molar-refractivity contribution is 5.93. The summed E-state index contributed by atoms with van der Waals surface area (Å²) < 4.78 is 116. The minimum atomic E-state index is -2.86. The Morgan fingerprint density at radius 3 is 0.844 bits per heavy atom. The van der Waals surface area contributed by atoms with E-state index in [1.807, 2.05) is 48.5 Å². The van der Waals surface area contributed by atoms with E-state index >= 15 is 19.2 Å². The molecule has 0 aromatic heterocycles. The van der Waals surface area contributed by atoms with E-state index in [0.717, 1.165) is 143 Å². The van der Waals surface area contributed by atoms with Gasteiger partial charge in [0.2, 0.25) is 29.5 Å². The molecule has 3 saturated heterocycles. The maximum Gasteiger partial charge on any atom is 0.407 e. The predicted molar refractivity (Wildman–Crippen MR) is 498 cm³/mol. The number of carbonyl (C=O) groups is 19. The second kappa shape index (κ2) is 50.8. The molecule has 4 unspecified atom stereocenters. The highest BCUT2D eigenvalue weighted by Crippen LogP contribution is 2.48. The van der Waals surface area contributed by atoms with Crippen molar-refractivity contribution in [1.29, 1.82) is 0 Å². The zero-order valence-corrected chi connectivity index (χ0v) is 81.6. The van der Waals surface area contributed by atoms with Crippen LogP contribution >= 0.6 is 0 Å². The lowest BCUT2D eigenvalue weighted by atomic mass is 9.85. The molecule has 6 aliphatic rings. The molecule has 3 aliphatic carbocycles. The van der Waals surface area contributed by atoms with Crippen LogP contribution in [0.5, 0.6) is 0 Å². The molecule has 3 fully saturated rings.